The number of anilines is 1. The lowest BCUT2D eigenvalue weighted by atomic mass is 10.0. The van der Waals surface area contributed by atoms with Gasteiger partial charge in [-0.05, 0) is 33.3 Å². The zero-order valence-corrected chi connectivity index (χ0v) is 10.6. The maximum Gasteiger partial charge on any atom is 0.162 e. The normalized spacial score (nSPS) is 14.5. The maximum absolute atomic E-state index is 5.75. The number of nitrogens with one attached hydrogen (secondary N) is 1. The summed E-state index contributed by atoms with van der Waals surface area (Å²) in [5.41, 5.74) is -0.389. The van der Waals surface area contributed by atoms with Crippen molar-refractivity contribution >= 4 is 5.82 Å². The van der Waals surface area contributed by atoms with E-state index in [0.29, 0.717) is 6.61 Å². The highest BCUT2D eigenvalue weighted by atomic mass is 16.5. The highest BCUT2D eigenvalue weighted by Gasteiger charge is 2.28. The minimum atomic E-state index is -0.389. The second-order valence-electron chi connectivity index (χ2n) is 3.81. The van der Waals surface area contributed by atoms with Gasteiger partial charge >= 0.3 is 0 Å². The predicted molar refractivity (Wildman–Crippen MR) is 65.5 cm³/mol. The molecule has 1 aromatic heterocycles. The molecule has 0 amide bonds. The number of ether oxygens (including phenoxy) is 1. The number of rotatable bonds is 6. The Balaban J connectivity index is 2.96. The van der Waals surface area contributed by atoms with Gasteiger partial charge in [-0.2, -0.15) is 0 Å². The third kappa shape index (κ3) is 2.92. The van der Waals surface area contributed by atoms with E-state index >= 15 is 0 Å². The molecule has 0 bridgehead atoms. The lowest BCUT2D eigenvalue weighted by Crippen LogP contribution is -2.28. The molecule has 1 unspecified atom stereocenters. The van der Waals surface area contributed by atoms with Crippen LogP contribution in [0.1, 0.15) is 39.9 Å². The molecule has 1 atom stereocenters. The van der Waals surface area contributed by atoms with E-state index in [9.17, 15) is 0 Å². The molecular weight excluding hydrogens is 202 g/mol. The van der Waals surface area contributed by atoms with Crippen molar-refractivity contribution in [3.8, 4) is 0 Å². The Morgan fingerprint density at radius 1 is 1.38 bits per heavy atom. The van der Waals surface area contributed by atoms with Gasteiger partial charge in [0.15, 0.2) is 5.82 Å². The first-order valence-electron chi connectivity index (χ1n) is 5.87. The molecule has 0 aliphatic rings. The van der Waals surface area contributed by atoms with Gasteiger partial charge in [-0.3, -0.25) is 0 Å². The fourth-order valence-electron chi connectivity index (χ4n) is 1.54. The van der Waals surface area contributed by atoms with E-state index in [4.69, 9.17) is 4.74 Å². The van der Waals surface area contributed by atoms with E-state index in [2.05, 4.69) is 22.2 Å². The predicted octanol–water partition coefficient (Wildman–Crippen LogP) is 2.57. The van der Waals surface area contributed by atoms with Crippen molar-refractivity contribution in [2.75, 3.05) is 18.5 Å². The standard InChI is InChI=1S/C12H21N3O/c1-5-12(4,16-7-3)11-14-9-8-10(15-11)13-6-2/h8-9H,5-7H2,1-4H3,(H,13,14,15). The van der Waals surface area contributed by atoms with Crippen molar-refractivity contribution in [3.05, 3.63) is 18.1 Å². The molecule has 0 saturated heterocycles. The fraction of sp³-hybridized carbons (Fsp3) is 0.667. The van der Waals surface area contributed by atoms with Crippen molar-refractivity contribution in [2.24, 2.45) is 0 Å². The van der Waals surface area contributed by atoms with Gasteiger partial charge in [0.25, 0.3) is 0 Å². The molecule has 0 spiro atoms. The monoisotopic (exact) mass is 223 g/mol. The summed E-state index contributed by atoms with van der Waals surface area (Å²) in [5, 5.41) is 3.18. The van der Waals surface area contributed by atoms with Crippen LogP contribution in [0.4, 0.5) is 5.82 Å². The van der Waals surface area contributed by atoms with Crippen LogP contribution in [0.3, 0.4) is 0 Å². The zero-order valence-electron chi connectivity index (χ0n) is 10.6. The number of hydrogen-bond acceptors (Lipinski definition) is 4. The first kappa shape index (κ1) is 12.9. The molecule has 1 aromatic rings. The lowest BCUT2D eigenvalue weighted by molar-refractivity contribution is -0.0389. The lowest BCUT2D eigenvalue weighted by Gasteiger charge is -2.26. The van der Waals surface area contributed by atoms with Crippen molar-refractivity contribution in [3.63, 3.8) is 0 Å². The van der Waals surface area contributed by atoms with Gasteiger partial charge in [-0.1, -0.05) is 6.92 Å². The summed E-state index contributed by atoms with van der Waals surface area (Å²) in [6, 6.07) is 1.87. The van der Waals surface area contributed by atoms with Gasteiger partial charge in [0.05, 0.1) is 0 Å². The Hall–Kier alpha value is -1.16. The van der Waals surface area contributed by atoms with E-state index in [1.165, 1.54) is 0 Å². The van der Waals surface area contributed by atoms with E-state index in [1.807, 2.05) is 26.8 Å². The van der Waals surface area contributed by atoms with Crippen LogP contribution in [0.25, 0.3) is 0 Å². The Bertz CT molecular complexity index is 330. The second kappa shape index (κ2) is 5.80. The number of nitrogens with zero attached hydrogens (tertiary/aromatic N) is 2. The van der Waals surface area contributed by atoms with Crippen molar-refractivity contribution < 1.29 is 4.74 Å². The van der Waals surface area contributed by atoms with Crippen molar-refractivity contribution in [1.82, 2.24) is 9.97 Å². The summed E-state index contributed by atoms with van der Waals surface area (Å²) < 4.78 is 5.75. The Kier molecular flexibility index (Phi) is 4.68. The molecule has 1 rings (SSSR count). The Morgan fingerprint density at radius 2 is 2.12 bits per heavy atom. The van der Waals surface area contributed by atoms with E-state index in [-0.39, 0.29) is 5.60 Å². The molecule has 0 saturated carbocycles. The van der Waals surface area contributed by atoms with Gasteiger partial charge < -0.3 is 10.1 Å². The molecule has 0 fully saturated rings. The average Bonchev–Trinajstić information content (AvgIpc) is 2.30. The van der Waals surface area contributed by atoms with Crippen LogP contribution in [-0.4, -0.2) is 23.1 Å². The van der Waals surface area contributed by atoms with Crippen LogP contribution >= 0.6 is 0 Å². The summed E-state index contributed by atoms with van der Waals surface area (Å²) in [5.74, 6) is 1.60. The summed E-state index contributed by atoms with van der Waals surface area (Å²) in [6.07, 6.45) is 2.63. The van der Waals surface area contributed by atoms with Gasteiger partial charge in [0.2, 0.25) is 0 Å². The van der Waals surface area contributed by atoms with Gasteiger partial charge in [-0.15, -0.1) is 0 Å². The highest BCUT2D eigenvalue weighted by molar-refractivity contribution is 5.33. The number of aromatic nitrogens is 2. The molecule has 0 aromatic carbocycles. The average molecular weight is 223 g/mol. The van der Waals surface area contributed by atoms with Crippen molar-refractivity contribution in [1.29, 1.82) is 0 Å². The molecule has 1 N–H and O–H groups in total. The Labute approximate surface area is 97.5 Å². The molecule has 0 radical (unpaired) electrons. The molecule has 4 nitrogen and oxygen atoms in total. The minimum absolute atomic E-state index is 0.389. The van der Waals surface area contributed by atoms with E-state index in [1.54, 1.807) is 6.20 Å². The van der Waals surface area contributed by atoms with Crippen LogP contribution in [0.5, 0.6) is 0 Å². The summed E-state index contributed by atoms with van der Waals surface area (Å²) in [7, 11) is 0. The summed E-state index contributed by atoms with van der Waals surface area (Å²) in [4.78, 5) is 8.78. The molecule has 0 aliphatic carbocycles. The van der Waals surface area contributed by atoms with Gasteiger partial charge in [0.1, 0.15) is 11.4 Å². The summed E-state index contributed by atoms with van der Waals surface area (Å²) >= 11 is 0. The van der Waals surface area contributed by atoms with Crippen molar-refractivity contribution in [2.45, 2.75) is 39.7 Å². The molecule has 4 heteroatoms. The fourth-order valence-corrected chi connectivity index (χ4v) is 1.54. The van der Waals surface area contributed by atoms with Crippen LogP contribution < -0.4 is 5.32 Å². The van der Waals surface area contributed by atoms with Crippen LogP contribution in [0.2, 0.25) is 0 Å². The molecule has 1 heterocycles. The first-order valence-corrected chi connectivity index (χ1v) is 5.87. The van der Waals surface area contributed by atoms with E-state index in [0.717, 1.165) is 24.6 Å². The zero-order chi connectivity index (χ0) is 12.0. The van der Waals surface area contributed by atoms with E-state index < -0.39 is 0 Å². The molecule has 90 valence electrons. The minimum Gasteiger partial charge on any atom is -0.370 e. The van der Waals surface area contributed by atoms with Gasteiger partial charge in [0, 0.05) is 19.3 Å². The smallest absolute Gasteiger partial charge is 0.162 e. The second-order valence-corrected chi connectivity index (χ2v) is 3.81. The van der Waals surface area contributed by atoms with Crippen LogP contribution in [0.15, 0.2) is 12.3 Å². The largest absolute Gasteiger partial charge is 0.370 e. The highest BCUT2D eigenvalue weighted by Crippen LogP contribution is 2.26. The SMILES string of the molecule is CCNc1ccnc(C(C)(CC)OCC)n1. The first-order chi connectivity index (χ1) is 7.66. The quantitative estimate of drug-likeness (QED) is 0.805. The molecule has 0 aliphatic heterocycles. The van der Waals surface area contributed by atoms with Crippen LogP contribution in [0, 0.1) is 0 Å². The summed E-state index contributed by atoms with van der Waals surface area (Å²) in [6.45, 7) is 9.67. The number of hydrogen-bond donors (Lipinski definition) is 1. The third-order valence-electron chi connectivity index (χ3n) is 2.62. The van der Waals surface area contributed by atoms with Gasteiger partial charge in [-0.25, -0.2) is 9.97 Å². The maximum atomic E-state index is 5.75. The molecular formula is C12H21N3O. The third-order valence-corrected chi connectivity index (χ3v) is 2.62. The molecule has 16 heavy (non-hydrogen) atoms. The van der Waals surface area contributed by atoms with Crippen LogP contribution in [-0.2, 0) is 10.3 Å². The Morgan fingerprint density at radius 3 is 2.69 bits per heavy atom. The topological polar surface area (TPSA) is 47.0 Å².